The molecule has 0 aliphatic rings. The van der Waals surface area contributed by atoms with E-state index in [1.165, 1.54) is 12.1 Å². The van der Waals surface area contributed by atoms with Crippen molar-refractivity contribution in [1.29, 1.82) is 0 Å². The summed E-state index contributed by atoms with van der Waals surface area (Å²) < 4.78 is 32.7. The van der Waals surface area contributed by atoms with Gasteiger partial charge in [0.15, 0.2) is 0 Å². The van der Waals surface area contributed by atoms with Gasteiger partial charge < -0.3 is 9.73 Å². The zero-order valence-electron chi connectivity index (χ0n) is 16.0. The summed E-state index contributed by atoms with van der Waals surface area (Å²) in [6.07, 6.45) is 1.62. The van der Waals surface area contributed by atoms with Crippen LogP contribution in [0.25, 0.3) is 0 Å². The van der Waals surface area contributed by atoms with Crippen molar-refractivity contribution in [1.82, 2.24) is 5.32 Å². The Morgan fingerprint density at radius 1 is 1.03 bits per heavy atom. The summed E-state index contributed by atoms with van der Waals surface area (Å²) >= 11 is 7.55. The maximum Gasteiger partial charge on any atom is 0.264 e. The summed E-state index contributed by atoms with van der Waals surface area (Å²) in [6.45, 7) is 0.0890. The number of nitrogens with zero attached hydrogens (tertiary/aromatic N) is 1. The maximum atomic E-state index is 13.2. The number of hydrogen-bond acceptors (Lipinski definition) is 5. The largest absolute Gasteiger partial charge is 0.468 e. The fourth-order valence-corrected chi connectivity index (χ4v) is 4.98. The van der Waals surface area contributed by atoms with Crippen LogP contribution in [-0.2, 0) is 20.6 Å². The first-order chi connectivity index (χ1) is 14.5. The molecule has 1 aromatic heterocycles. The van der Waals surface area contributed by atoms with E-state index in [4.69, 9.17) is 16.0 Å². The predicted octanol–water partition coefficient (Wildman–Crippen LogP) is 4.18. The molecule has 0 atom stereocenters. The minimum atomic E-state index is -3.92. The van der Waals surface area contributed by atoms with Gasteiger partial charge in [-0.1, -0.05) is 29.8 Å². The fraction of sp³-hybridized carbons (Fsp3) is 0.190. The van der Waals surface area contributed by atoms with Crippen LogP contribution in [0.1, 0.15) is 5.76 Å². The van der Waals surface area contributed by atoms with Crippen LogP contribution in [0.5, 0.6) is 0 Å². The number of anilines is 1. The molecule has 0 fully saturated rings. The zero-order valence-corrected chi connectivity index (χ0v) is 18.4. The predicted molar refractivity (Wildman–Crippen MR) is 120 cm³/mol. The molecule has 2 aromatic carbocycles. The van der Waals surface area contributed by atoms with E-state index < -0.39 is 10.0 Å². The van der Waals surface area contributed by atoms with E-state index in [0.29, 0.717) is 28.8 Å². The van der Waals surface area contributed by atoms with Gasteiger partial charge in [-0.05, 0) is 48.5 Å². The first-order valence-electron chi connectivity index (χ1n) is 9.17. The highest BCUT2D eigenvalue weighted by molar-refractivity contribution is 7.98. The van der Waals surface area contributed by atoms with Crippen LogP contribution >= 0.6 is 23.4 Å². The van der Waals surface area contributed by atoms with Gasteiger partial charge in [0.2, 0.25) is 5.91 Å². The smallest absolute Gasteiger partial charge is 0.264 e. The van der Waals surface area contributed by atoms with Crippen LogP contribution in [0, 0.1) is 0 Å². The molecule has 0 unspecified atom stereocenters. The standard InChI is InChI=1S/C21H21ClN2O4S2/c22-17-8-10-18(11-9-17)24(30(26,27)20-6-2-1-3-7-20)15-21(25)23-12-14-29-16-19-5-4-13-28-19/h1-11,13H,12,14-16H2,(H,23,25). The average Bonchev–Trinajstić information content (AvgIpc) is 3.27. The first-order valence-corrected chi connectivity index (χ1v) is 12.1. The summed E-state index contributed by atoms with van der Waals surface area (Å²) in [4.78, 5) is 12.6. The minimum absolute atomic E-state index is 0.113. The molecule has 0 bridgehead atoms. The Hall–Kier alpha value is -2.42. The summed E-state index contributed by atoms with van der Waals surface area (Å²) in [6, 6.07) is 18.1. The normalized spacial score (nSPS) is 11.2. The number of thioether (sulfide) groups is 1. The third kappa shape index (κ3) is 6.04. The van der Waals surface area contributed by atoms with E-state index in [-0.39, 0.29) is 17.3 Å². The molecule has 1 amide bonds. The Morgan fingerprint density at radius 3 is 2.43 bits per heavy atom. The molecule has 3 rings (SSSR count). The van der Waals surface area contributed by atoms with E-state index >= 15 is 0 Å². The van der Waals surface area contributed by atoms with Crippen molar-refractivity contribution in [3.63, 3.8) is 0 Å². The lowest BCUT2D eigenvalue weighted by molar-refractivity contribution is -0.119. The van der Waals surface area contributed by atoms with Crippen LogP contribution in [0.2, 0.25) is 5.02 Å². The second kappa shape index (κ2) is 10.6. The molecule has 1 N–H and O–H groups in total. The van der Waals surface area contributed by atoms with Crippen LogP contribution in [0.4, 0.5) is 5.69 Å². The van der Waals surface area contributed by atoms with Crippen molar-refractivity contribution in [2.45, 2.75) is 10.6 Å². The summed E-state index contributed by atoms with van der Waals surface area (Å²) in [5.74, 6) is 1.87. The molecule has 9 heteroatoms. The zero-order chi connectivity index (χ0) is 21.4. The highest BCUT2D eigenvalue weighted by atomic mass is 35.5. The summed E-state index contributed by atoms with van der Waals surface area (Å²) in [5, 5.41) is 3.26. The molecule has 3 aromatic rings. The molecule has 0 saturated heterocycles. The average molecular weight is 465 g/mol. The number of nitrogens with one attached hydrogen (secondary N) is 1. The topological polar surface area (TPSA) is 79.6 Å². The van der Waals surface area contributed by atoms with Crippen molar-refractivity contribution in [3.05, 3.63) is 83.8 Å². The molecule has 30 heavy (non-hydrogen) atoms. The molecular weight excluding hydrogens is 444 g/mol. The molecule has 158 valence electrons. The second-order valence-electron chi connectivity index (χ2n) is 6.28. The second-order valence-corrected chi connectivity index (χ2v) is 9.69. The monoisotopic (exact) mass is 464 g/mol. The van der Waals surface area contributed by atoms with Gasteiger partial charge in [-0.3, -0.25) is 9.10 Å². The lowest BCUT2D eigenvalue weighted by atomic mass is 10.3. The first kappa shape index (κ1) is 22.3. The van der Waals surface area contributed by atoms with Gasteiger partial charge in [-0.15, -0.1) is 0 Å². The SMILES string of the molecule is O=C(CN(c1ccc(Cl)cc1)S(=O)(=O)c1ccccc1)NCCSCc1ccco1. The van der Waals surface area contributed by atoms with Crippen LogP contribution in [0.15, 0.2) is 82.3 Å². The fourth-order valence-electron chi connectivity index (χ4n) is 2.66. The van der Waals surface area contributed by atoms with E-state index in [1.54, 1.807) is 60.5 Å². The number of furan rings is 1. The molecule has 0 saturated carbocycles. The molecule has 0 spiro atoms. The summed E-state index contributed by atoms with van der Waals surface area (Å²) in [5.41, 5.74) is 0.366. The van der Waals surface area contributed by atoms with E-state index in [0.717, 1.165) is 10.1 Å². The van der Waals surface area contributed by atoms with Crippen LogP contribution in [0.3, 0.4) is 0 Å². The number of halogens is 1. The van der Waals surface area contributed by atoms with Gasteiger partial charge in [0.1, 0.15) is 12.3 Å². The Balaban J connectivity index is 1.65. The number of rotatable bonds is 10. The van der Waals surface area contributed by atoms with Crippen molar-refractivity contribution in [2.24, 2.45) is 0 Å². The number of carbonyl (C=O) groups is 1. The Labute approximate surface area is 185 Å². The molecular formula is C21H21ClN2O4S2. The van der Waals surface area contributed by atoms with Gasteiger partial charge in [0.25, 0.3) is 10.0 Å². The Morgan fingerprint density at radius 2 is 1.77 bits per heavy atom. The highest BCUT2D eigenvalue weighted by Gasteiger charge is 2.26. The van der Waals surface area contributed by atoms with Crippen molar-refractivity contribution < 1.29 is 17.6 Å². The number of hydrogen-bond donors (Lipinski definition) is 1. The van der Waals surface area contributed by atoms with Crippen molar-refractivity contribution in [3.8, 4) is 0 Å². The quantitative estimate of drug-likeness (QED) is 0.455. The van der Waals surface area contributed by atoms with Gasteiger partial charge in [0.05, 0.1) is 22.6 Å². The van der Waals surface area contributed by atoms with E-state index in [1.807, 2.05) is 12.1 Å². The molecule has 0 aliphatic heterocycles. The lowest BCUT2D eigenvalue weighted by Crippen LogP contribution is -2.41. The number of benzene rings is 2. The van der Waals surface area contributed by atoms with E-state index in [9.17, 15) is 13.2 Å². The molecule has 1 heterocycles. The Bertz CT molecular complexity index is 1040. The third-order valence-corrected chi connectivity index (χ3v) is 7.15. The molecule has 6 nitrogen and oxygen atoms in total. The minimum Gasteiger partial charge on any atom is -0.468 e. The van der Waals surface area contributed by atoms with Gasteiger partial charge in [0, 0.05) is 17.3 Å². The van der Waals surface area contributed by atoms with Gasteiger partial charge in [-0.25, -0.2) is 8.42 Å². The molecule has 0 radical (unpaired) electrons. The van der Waals surface area contributed by atoms with Gasteiger partial charge >= 0.3 is 0 Å². The number of sulfonamides is 1. The van der Waals surface area contributed by atoms with E-state index in [2.05, 4.69) is 5.32 Å². The van der Waals surface area contributed by atoms with Crippen LogP contribution in [-0.4, -0.2) is 33.2 Å². The lowest BCUT2D eigenvalue weighted by Gasteiger charge is -2.24. The van der Waals surface area contributed by atoms with Gasteiger partial charge in [-0.2, -0.15) is 11.8 Å². The van der Waals surface area contributed by atoms with Crippen molar-refractivity contribution >= 4 is 45.0 Å². The van der Waals surface area contributed by atoms with Crippen molar-refractivity contribution in [2.75, 3.05) is 23.1 Å². The number of amides is 1. The Kier molecular flexibility index (Phi) is 7.84. The third-order valence-electron chi connectivity index (χ3n) is 4.13. The number of carbonyl (C=O) groups excluding carboxylic acids is 1. The molecule has 0 aliphatic carbocycles. The highest BCUT2D eigenvalue weighted by Crippen LogP contribution is 2.25. The summed E-state index contributed by atoms with van der Waals surface area (Å²) in [7, 11) is -3.92. The maximum absolute atomic E-state index is 13.2. The van der Waals surface area contributed by atoms with Crippen LogP contribution < -0.4 is 9.62 Å².